The largest absolute Gasteiger partial charge is 0.466 e. The van der Waals surface area contributed by atoms with Crippen LogP contribution < -0.4 is 0 Å². The highest BCUT2D eigenvalue weighted by Crippen LogP contribution is 2.27. The summed E-state index contributed by atoms with van der Waals surface area (Å²) in [6.07, 6.45) is -3.54. The molecular weight excluding hydrogens is 247 g/mol. The minimum Gasteiger partial charge on any atom is -0.466 e. The second-order valence-electron chi connectivity index (χ2n) is 3.39. The second kappa shape index (κ2) is 6.05. The van der Waals surface area contributed by atoms with Gasteiger partial charge in [0.1, 0.15) is 11.9 Å². The van der Waals surface area contributed by atoms with Gasteiger partial charge in [0.25, 0.3) is 6.43 Å². The molecule has 3 nitrogen and oxygen atoms in total. The van der Waals surface area contributed by atoms with Crippen molar-refractivity contribution < 1.29 is 22.7 Å². The Hall–Kier alpha value is -2.03. The van der Waals surface area contributed by atoms with Crippen LogP contribution in [0.5, 0.6) is 0 Å². The monoisotopic (exact) mass is 257 g/mol. The zero-order chi connectivity index (χ0) is 13.7. The summed E-state index contributed by atoms with van der Waals surface area (Å²) < 4.78 is 43.7. The molecule has 0 radical (unpaired) electrons. The SMILES string of the molecule is CCOC(=O)Cc1c(C(F)F)ccc(C#N)c1F. The number of hydrogen-bond acceptors (Lipinski definition) is 3. The summed E-state index contributed by atoms with van der Waals surface area (Å²) in [4.78, 5) is 11.2. The van der Waals surface area contributed by atoms with E-state index < -0.39 is 35.8 Å². The number of rotatable bonds is 4. The van der Waals surface area contributed by atoms with Gasteiger partial charge in [0.05, 0.1) is 18.6 Å². The third-order valence-electron chi connectivity index (χ3n) is 2.26. The lowest BCUT2D eigenvalue weighted by Gasteiger charge is -2.10. The van der Waals surface area contributed by atoms with E-state index in [2.05, 4.69) is 4.74 Å². The fourth-order valence-corrected chi connectivity index (χ4v) is 1.46. The first-order valence-corrected chi connectivity index (χ1v) is 5.16. The van der Waals surface area contributed by atoms with Gasteiger partial charge in [0.15, 0.2) is 0 Å². The Balaban J connectivity index is 3.20. The number of carbonyl (C=O) groups excluding carboxylic acids is 1. The summed E-state index contributed by atoms with van der Waals surface area (Å²) in [5.74, 6) is -1.91. The Labute approximate surface area is 102 Å². The van der Waals surface area contributed by atoms with Crippen LogP contribution in [-0.2, 0) is 16.0 Å². The van der Waals surface area contributed by atoms with Gasteiger partial charge in [0, 0.05) is 11.1 Å². The van der Waals surface area contributed by atoms with E-state index >= 15 is 0 Å². The normalized spacial score (nSPS) is 10.2. The van der Waals surface area contributed by atoms with E-state index in [0.29, 0.717) is 0 Å². The minimum atomic E-state index is -2.92. The van der Waals surface area contributed by atoms with Gasteiger partial charge in [-0.25, -0.2) is 13.2 Å². The molecule has 0 aliphatic heterocycles. The van der Waals surface area contributed by atoms with Crippen molar-refractivity contribution in [1.29, 1.82) is 5.26 Å². The molecule has 0 fully saturated rings. The molecule has 1 aromatic carbocycles. The molecule has 18 heavy (non-hydrogen) atoms. The fraction of sp³-hybridized carbons (Fsp3) is 0.333. The molecule has 6 heteroatoms. The van der Waals surface area contributed by atoms with Crippen molar-refractivity contribution in [3.8, 4) is 6.07 Å². The highest BCUT2D eigenvalue weighted by molar-refractivity contribution is 5.73. The van der Waals surface area contributed by atoms with Crippen LogP contribution >= 0.6 is 0 Å². The molecule has 0 spiro atoms. The van der Waals surface area contributed by atoms with Gasteiger partial charge in [-0.15, -0.1) is 0 Å². The number of alkyl halides is 2. The Morgan fingerprint density at radius 3 is 2.67 bits per heavy atom. The van der Waals surface area contributed by atoms with Crippen molar-refractivity contribution in [2.75, 3.05) is 6.61 Å². The second-order valence-corrected chi connectivity index (χ2v) is 3.39. The van der Waals surface area contributed by atoms with Crippen molar-refractivity contribution in [3.05, 3.63) is 34.6 Å². The number of nitrogens with zero attached hydrogens (tertiary/aromatic N) is 1. The molecule has 96 valence electrons. The summed E-state index contributed by atoms with van der Waals surface area (Å²) >= 11 is 0. The maximum Gasteiger partial charge on any atom is 0.310 e. The summed E-state index contributed by atoms with van der Waals surface area (Å²) in [5, 5.41) is 8.62. The smallest absolute Gasteiger partial charge is 0.310 e. The van der Waals surface area contributed by atoms with Crippen molar-refractivity contribution in [1.82, 2.24) is 0 Å². The van der Waals surface area contributed by atoms with Crippen LogP contribution in [0.1, 0.15) is 30.0 Å². The molecular formula is C12H10F3NO2. The van der Waals surface area contributed by atoms with Gasteiger partial charge in [-0.2, -0.15) is 5.26 Å². The first-order chi connectivity index (χ1) is 8.51. The van der Waals surface area contributed by atoms with E-state index in [1.54, 1.807) is 6.92 Å². The molecule has 0 saturated heterocycles. The molecule has 0 aromatic heterocycles. The predicted octanol–water partition coefficient (Wildman–Crippen LogP) is 2.74. The van der Waals surface area contributed by atoms with Gasteiger partial charge < -0.3 is 4.74 Å². The number of hydrogen-bond donors (Lipinski definition) is 0. The van der Waals surface area contributed by atoms with Crippen LogP contribution in [-0.4, -0.2) is 12.6 Å². The fourth-order valence-electron chi connectivity index (χ4n) is 1.46. The van der Waals surface area contributed by atoms with Crippen LogP contribution in [0.25, 0.3) is 0 Å². The highest BCUT2D eigenvalue weighted by atomic mass is 19.3. The zero-order valence-electron chi connectivity index (χ0n) is 9.54. The average molecular weight is 257 g/mol. The van der Waals surface area contributed by atoms with E-state index in [0.717, 1.165) is 12.1 Å². The van der Waals surface area contributed by atoms with E-state index in [-0.39, 0.29) is 12.2 Å². The lowest BCUT2D eigenvalue weighted by Crippen LogP contribution is -2.12. The molecule has 0 saturated carbocycles. The van der Waals surface area contributed by atoms with Crippen molar-refractivity contribution in [2.45, 2.75) is 19.8 Å². The van der Waals surface area contributed by atoms with E-state index in [4.69, 9.17) is 5.26 Å². The topological polar surface area (TPSA) is 50.1 Å². The molecule has 0 aliphatic carbocycles. The van der Waals surface area contributed by atoms with E-state index in [1.807, 2.05) is 0 Å². The van der Waals surface area contributed by atoms with Crippen molar-refractivity contribution in [2.24, 2.45) is 0 Å². The van der Waals surface area contributed by atoms with Crippen molar-refractivity contribution >= 4 is 5.97 Å². The molecule has 0 amide bonds. The minimum absolute atomic E-state index is 0.0718. The van der Waals surface area contributed by atoms with Crippen molar-refractivity contribution in [3.63, 3.8) is 0 Å². The van der Waals surface area contributed by atoms with E-state index in [9.17, 15) is 18.0 Å². The van der Waals surface area contributed by atoms with Gasteiger partial charge in [0.2, 0.25) is 0 Å². The third-order valence-corrected chi connectivity index (χ3v) is 2.26. The van der Waals surface area contributed by atoms with Gasteiger partial charge in [-0.05, 0) is 13.0 Å². The van der Waals surface area contributed by atoms with Crippen LogP contribution in [0.2, 0.25) is 0 Å². The maximum atomic E-state index is 13.7. The number of esters is 1. The predicted molar refractivity (Wildman–Crippen MR) is 56.4 cm³/mol. The molecule has 0 aliphatic rings. The Morgan fingerprint density at radius 1 is 1.50 bits per heavy atom. The number of carbonyl (C=O) groups is 1. The third kappa shape index (κ3) is 3.00. The molecule has 0 heterocycles. The van der Waals surface area contributed by atoms with Gasteiger partial charge in [-0.3, -0.25) is 4.79 Å². The summed E-state index contributed by atoms with van der Waals surface area (Å²) in [7, 11) is 0. The zero-order valence-corrected chi connectivity index (χ0v) is 9.54. The first kappa shape index (κ1) is 14.0. The Bertz CT molecular complexity index is 495. The Morgan fingerprint density at radius 2 is 2.17 bits per heavy atom. The lowest BCUT2D eigenvalue weighted by molar-refractivity contribution is -0.142. The number of halogens is 3. The van der Waals surface area contributed by atoms with Gasteiger partial charge >= 0.3 is 5.97 Å². The first-order valence-electron chi connectivity index (χ1n) is 5.16. The summed E-state index contributed by atoms with van der Waals surface area (Å²) in [6.45, 7) is 1.62. The number of nitriles is 1. The summed E-state index contributed by atoms with van der Waals surface area (Å²) in [5.41, 5.74) is -1.46. The van der Waals surface area contributed by atoms with Gasteiger partial charge in [-0.1, -0.05) is 6.07 Å². The summed E-state index contributed by atoms with van der Waals surface area (Å²) in [6, 6.07) is 3.44. The average Bonchev–Trinajstić information content (AvgIpc) is 2.31. The molecule has 0 N–H and O–H groups in total. The molecule has 0 bridgehead atoms. The van der Waals surface area contributed by atoms with E-state index in [1.165, 1.54) is 6.07 Å². The quantitative estimate of drug-likeness (QED) is 0.779. The number of benzene rings is 1. The van der Waals surface area contributed by atoms with Crippen LogP contribution in [0.15, 0.2) is 12.1 Å². The highest BCUT2D eigenvalue weighted by Gasteiger charge is 2.21. The molecule has 0 unspecified atom stereocenters. The Kier molecular flexibility index (Phi) is 4.72. The van der Waals surface area contributed by atoms with Crippen LogP contribution in [0.3, 0.4) is 0 Å². The standard InChI is InChI=1S/C12H10F3NO2/c1-2-18-10(17)5-9-8(12(14)15)4-3-7(6-16)11(9)13/h3-4,12H,2,5H2,1H3. The molecule has 0 atom stereocenters. The van der Waals surface area contributed by atoms with Crippen LogP contribution in [0.4, 0.5) is 13.2 Å². The lowest BCUT2D eigenvalue weighted by atomic mass is 10.0. The maximum absolute atomic E-state index is 13.7. The molecule has 1 rings (SSSR count). The van der Waals surface area contributed by atoms with Crippen LogP contribution in [0, 0.1) is 17.1 Å². The molecule has 1 aromatic rings. The number of ether oxygens (including phenoxy) is 1.